The number of rotatable bonds is 6. The summed E-state index contributed by atoms with van der Waals surface area (Å²) in [7, 11) is 3.86. The minimum absolute atomic E-state index is 0.0475. The summed E-state index contributed by atoms with van der Waals surface area (Å²) in [4.78, 5) is 13.7. The van der Waals surface area contributed by atoms with Gasteiger partial charge in [-0.2, -0.15) is 0 Å². The molecule has 0 aliphatic rings. The number of hydrogen-bond acceptors (Lipinski definition) is 6. The van der Waals surface area contributed by atoms with Gasteiger partial charge in [0.15, 0.2) is 12.4 Å². The number of aromatic nitrogens is 2. The molecule has 0 N–H and O–H groups in total. The second-order valence-corrected chi connectivity index (χ2v) is 5.61. The quantitative estimate of drug-likeness (QED) is 0.764. The van der Waals surface area contributed by atoms with Crippen molar-refractivity contribution in [1.29, 1.82) is 0 Å². The standard InChI is InChI=1S/C16H21N3O3/c1-10(2)16-18-17-15(22-16)9-21-14-8-12(19(4)5)6-7-13(14)11(3)20/h6-8,10H,9H2,1-5H3. The highest BCUT2D eigenvalue weighted by Gasteiger charge is 2.14. The molecule has 0 saturated heterocycles. The number of carbonyl (C=O) groups excluding carboxylic acids is 1. The van der Waals surface area contributed by atoms with Crippen LogP contribution >= 0.6 is 0 Å². The van der Waals surface area contributed by atoms with Gasteiger partial charge in [-0.3, -0.25) is 4.79 Å². The average Bonchev–Trinajstić information content (AvgIpc) is 2.93. The number of ketones is 1. The van der Waals surface area contributed by atoms with Crippen LogP contribution in [-0.2, 0) is 6.61 Å². The number of benzene rings is 1. The minimum Gasteiger partial charge on any atom is -0.483 e. The van der Waals surface area contributed by atoms with Gasteiger partial charge >= 0.3 is 0 Å². The predicted molar refractivity (Wildman–Crippen MR) is 83.5 cm³/mol. The van der Waals surface area contributed by atoms with Crippen LogP contribution in [0.3, 0.4) is 0 Å². The SMILES string of the molecule is CC(=O)c1ccc(N(C)C)cc1OCc1nnc(C(C)C)o1. The largest absolute Gasteiger partial charge is 0.483 e. The maximum absolute atomic E-state index is 11.7. The third-order valence-corrected chi connectivity index (χ3v) is 3.19. The summed E-state index contributed by atoms with van der Waals surface area (Å²) in [5, 5.41) is 7.91. The normalized spacial score (nSPS) is 10.8. The first-order valence-electron chi connectivity index (χ1n) is 7.16. The van der Waals surface area contributed by atoms with Crippen LogP contribution in [0.2, 0.25) is 0 Å². The molecule has 0 aliphatic heterocycles. The molecule has 0 saturated carbocycles. The van der Waals surface area contributed by atoms with Crippen LogP contribution < -0.4 is 9.64 Å². The topological polar surface area (TPSA) is 68.5 Å². The molecule has 2 aromatic rings. The second kappa shape index (κ2) is 6.60. The van der Waals surface area contributed by atoms with Crippen LogP contribution in [0.25, 0.3) is 0 Å². The van der Waals surface area contributed by atoms with E-state index in [1.165, 1.54) is 6.92 Å². The molecule has 0 unspecified atom stereocenters. The first-order valence-corrected chi connectivity index (χ1v) is 7.16. The lowest BCUT2D eigenvalue weighted by molar-refractivity contribution is 0.101. The molecule has 1 aromatic heterocycles. The Morgan fingerprint density at radius 3 is 2.59 bits per heavy atom. The van der Waals surface area contributed by atoms with Gasteiger partial charge in [-0.25, -0.2) is 0 Å². The summed E-state index contributed by atoms with van der Waals surface area (Å²) >= 11 is 0. The Kier molecular flexibility index (Phi) is 4.80. The highest BCUT2D eigenvalue weighted by atomic mass is 16.5. The molecular weight excluding hydrogens is 282 g/mol. The van der Waals surface area contributed by atoms with Crippen molar-refractivity contribution in [3.63, 3.8) is 0 Å². The van der Waals surface area contributed by atoms with Gasteiger partial charge in [-0.15, -0.1) is 10.2 Å². The lowest BCUT2D eigenvalue weighted by atomic mass is 10.1. The first-order chi connectivity index (χ1) is 10.4. The minimum atomic E-state index is -0.0475. The summed E-state index contributed by atoms with van der Waals surface area (Å²) < 4.78 is 11.2. The van der Waals surface area contributed by atoms with Crippen molar-refractivity contribution in [3.05, 3.63) is 35.5 Å². The van der Waals surface area contributed by atoms with Crippen molar-refractivity contribution in [2.24, 2.45) is 0 Å². The summed E-state index contributed by atoms with van der Waals surface area (Å²) in [6.45, 7) is 5.61. The molecule has 0 bridgehead atoms. The fourth-order valence-electron chi connectivity index (χ4n) is 1.90. The van der Waals surface area contributed by atoms with Gasteiger partial charge in [0.1, 0.15) is 5.75 Å². The van der Waals surface area contributed by atoms with Gasteiger partial charge < -0.3 is 14.1 Å². The molecule has 1 heterocycles. The molecule has 6 heteroatoms. The molecule has 118 valence electrons. The van der Waals surface area contributed by atoms with Crippen LogP contribution in [0, 0.1) is 0 Å². The summed E-state index contributed by atoms with van der Waals surface area (Å²) in [5.74, 6) is 1.61. The average molecular weight is 303 g/mol. The van der Waals surface area contributed by atoms with E-state index < -0.39 is 0 Å². The molecule has 0 amide bonds. The van der Waals surface area contributed by atoms with E-state index in [0.29, 0.717) is 23.1 Å². The lowest BCUT2D eigenvalue weighted by Gasteiger charge is -2.15. The fraction of sp³-hybridized carbons (Fsp3) is 0.438. The molecule has 1 aromatic carbocycles. The number of carbonyl (C=O) groups is 1. The molecule has 0 radical (unpaired) electrons. The van der Waals surface area contributed by atoms with Gasteiger partial charge in [-0.1, -0.05) is 13.8 Å². The molecule has 2 rings (SSSR count). The molecule has 6 nitrogen and oxygen atoms in total. The number of hydrogen-bond donors (Lipinski definition) is 0. The van der Waals surface area contributed by atoms with Crippen LogP contribution in [0.15, 0.2) is 22.6 Å². The molecule has 0 spiro atoms. The van der Waals surface area contributed by atoms with Crippen molar-refractivity contribution in [2.75, 3.05) is 19.0 Å². The van der Waals surface area contributed by atoms with Gasteiger partial charge in [0.05, 0.1) is 5.56 Å². The molecular formula is C16H21N3O3. The monoisotopic (exact) mass is 303 g/mol. The Bertz CT molecular complexity index is 662. The number of nitrogens with zero attached hydrogens (tertiary/aromatic N) is 3. The van der Waals surface area contributed by atoms with E-state index in [-0.39, 0.29) is 18.3 Å². The van der Waals surface area contributed by atoms with E-state index in [1.54, 1.807) is 6.07 Å². The second-order valence-electron chi connectivity index (χ2n) is 5.61. The van der Waals surface area contributed by atoms with Gasteiger partial charge in [0.2, 0.25) is 5.89 Å². The van der Waals surface area contributed by atoms with Gasteiger partial charge in [-0.05, 0) is 19.1 Å². The summed E-state index contributed by atoms with van der Waals surface area (Å²) in [5.41, 5.74) is 1.49. The van der Waals surface area contributed by atoms with Crippen molar-refractivity contribution >= 4 is 11.5 Å². The third-order valence-electron chi connectivity index (χ3n) is 3.19. The van der Waals surface area contributed by atoms with Crippen LogP contribution in [0.5, 0.6) is 5.75 Å². The molecule has 0 fully saturated rings. The maximum Gasteiger partial charge on any atom is 0.253 e. The zero-order chi connectivity index (χ0) is 16.3. The third kappa shape index (κ3) is 3.63. The van der Waals surface area contributed by atoms with E-state index >= 15 is 0 Å². The van der Waals surface area contributed by atoms with E-state index in [2.05, 4.69) is 10.2 Å². The zero-order valence-corrected chi connectivity index (χ0v) is 13.6. The van der Waals surface area contributed by atoms with E-state index in [1.807, 2.05) is 45.0 Å². The Morgan fingerprint density at radius 1 is 1.32 bits per heavy atom. The van der Waals surface area contributed by atoms with Crippen molar-refractivity contribution in [3.8, 4) is 5.75 Å². The molecule has 0 atom stereocenters. The van der Waals surface area contributed by atoms with Crippen molar-refractivity contribution in [2.45, 2.75) is 33.3 Å². The number of Topliss-reactive ketones (excluding diaryl/α,β-unsaturated/α-hetero) is 1. The summed E-state index contributed by atoms with van der Waals surface area (Å²) in [6, 6.07) is 5.48. The highest BCUT2D eigenvalue weighted by Crippen LogP contribution is 2.26. The molecule has 0 aliphatic carbocycles. The summed E-state index contributed by atoms with van der Waals surface area (Å²) in [6.07, 6.45) is 0. The first kappa shape index (κ1) is 16.0. The number of ether oxygens (including phenoxy) is 1. The maximum atomic E-state index is 11.7. The Labute approximate surface area is 130 Å². The molecule has 22 heavy (non-hydrogen) atoms. The van der Waals surface area contributed by atoms with E-state index in [0.717, 1.165) is 5.69 Å². The van der Waals surface area contributed by atoms with E-state index in [4.69, 9.17) is 9.15 Å². The van der Waals surface area contributed by atoms with Gasteiger partial charge in [0, 0.05) is 31.8 Å². The Hall–Kier alpha value is -2.37. The Balaban J connectivity index is 2.19. The lowest BCUT2D eigenvalue weighted by Crippen LogP contribution is -2.10. The van der Waals surface area contributed by atoms with Gasteiger partial charge in [0.25, 0.3) is 5.89 Å². The smallest absolute Gasteiger partial charge is 0.253 e. The number of anilines is 1. The zero-order valence-electron chi connectivity index (χ0n) is 13.6. The van der Waals surface area contributed by atoms with Crippen molar-refractivity contribution < 1.29 is 13.9 Å². The van der Waals surface area contributed by atoms with Crippen molar-refractivity contribution in [1.82, 2.24) is 10.2 Å². The predicted octanol–water partition coefficient (Wildman–Crippen LogP) is 3.04. The van der Waals surface area contributed by atoms with Crippen LogP contribution in [0.1, 0.15) is 48.8 Å². The Morgan fingerprint density at radius 2 is 2.05 bits per heavy atom. The fourth-order valence-corrected chi connectivity index (χ4v) is 1.90. The van der Waals surface area contributed by atoms with Crippen LogP contribution in [0.4, 0.5) is 5.69 Å². The van der Waals surface area contributed by atoms with E-state index in [9.17, 15) is 4.79 Å². The highest BCUT2D eigenvalue weighted by molar-refractivity contribution is 5.97. The van der Waals surface area contributed by atoms with Crippen LogP contribution in [-0.4, -0.2) is 30.1 Å².